The van der Waals surface area contributed by atoms with Crippen LogP contribution in [0.3, 0.4) is 0 Å². The van der Waals surface area contributed by atoms with E-state index in [2.05, 4.69) is 33.1 Å². The fraction of sp³-hybridized carbons (Fsp3) is 0.652. The van der Waals surface area contributed by atoms with Gasteiger partial charge in [-0.2, -0.15) is 0 Å². The van der Waals surface area contributed by atoms with Crippen LogP contribution in [0.1, 0.15) is 44.0 Å². The number of piperidine rings is 1. The summed E-state index contributed by atoms with van der Waals surface area (Å²) in [7, 11) is 3.54. The van der Waals surface area contributed by atoms with E-state index in [9.17, 15) is 9.59 Å². The number of methoxy groups -OCH3 is 1. The largest absolute Gasteiger partial charge is 0.465 e. The Morgan fingerprint density at radius 3 is 2.00 bits per heavy atom. The van der Waals surface area contributed by atoms with Gasteiger partial charge in [0.05, 0.1) is 12.7 Å². The Bertz CT molecular complexity index is 776. The molecule has 3 rings (SSSR count). The van der Waals surface area contributed by atoms with Crippen LogP contribution in [0.4, 0.5) is 16.2 Å². The Labute approximate surface area is 185 Å². The molecule has 2 aliphatic rings. The molecule has 0 radical (unpaired) electrons. The summed E-state index contributed by atoms with van der Waals surface area (Å²) < 4.78 is 10.4. The van der Waals surface area contributed by atoms with E-state index in [1.165, 1.54) is 7.11 Å². The molecule has 1 amide bonds. The molecule has 0 bridgehead atoms. The highest BCUT2D eigenvalue weighted by molar-refractivity contribution is 5.92. The summed E-state index contributed by atoms with van der Waals surface area (Å²) in [5.74, 6) is -0.321. The van der Waals surface area contributed by atoms with E-state index in [0.29, 0.717) is 5.56 Å². The SMILES string of the molecule is COC(=O)c1cc(N2CCC(NC(=O)OC(C)(C)C)CC2)cc(N2CCN(C)CC2)c1. The van der Waals surface area contributed by atoms with Crippen LogP contribution in [0.2, 0.25) is 0 Å². The van der Waals surface area contributed by atoms with Crippen molar-refractivity contribution in [3.63, 3.8) is 0 Å². The fourth-order valence-corrected chi connectivity index (χ4v) is 4.02. The lowest BCUT2D eigenvalue weighted by atomic mass is 10.0. The monoisotopic (exact) mass is 432 g/mol. The van der Waals surface area contributed by atoms with Crippen molar-refractivity contribution in [2.75, 3.05) is 63.2 Å². The number of anilines is 2. The minimum absolute atomic E-state index is 0.0898. The molecule has 8 heteroatoms. The van der Waals surface area contributed by atoms with Gasteiger partial charge in [-0.25, -0.2) is 9.59 Å². The Hall–Kier alpha value is -2.48. The maximum absolute atomic E-state index is 12.3. The van der Waals surface area contributed by atoms with Gasteiger partial charge in [0.15, 0.2) is 0 Å². The van der Waals surface area contributed by atoms with E-state index in [1.807, 2.05) is 32.9 Å². The van der Waals surface area contributed by atoms with E-state index >= 15 is 0 Å². The van der Waals surface area contributed by atoms with Gasteiger partial charge in [-0.05, 0) is 58.9 Å². The van der Waals surface area contributed by atoms with E-state index < -0.39 is 5.60 Å². The van der Waals surface area contributed by atoms with Crippen LogP contribution in [0, 0.1) is 0 Å². The molecule has 2 saturated heterocycles. The minimum Gasteiger partial charge on any atom is -0.465 e. The highest BCUT2D eigenvalue weighted by Crippen LogP contribution is 2.29. The molecule has 1 aromatic carbocycles. The summed E-state index contributed by atoms with van der Waals surface area (Å²) in [6.45, 7) is 11.1. The second kappa shape index (κ2) is 9.77. The number of likely N-dealkylation sites (N-methyl/N-ethyl adjacent to an activating group) is 1. The molecule has 0 aromatic heterocycles. The molecular weight excluding hydrogens is 396 g/mol. The van der Waals surface area contributed by atoms with Crippen molar-refractivity contribution < 1.29 is 19.1 Å². The van der Waals surface area contributed by atoms with Gasteiger partial charge in [0.1, 0.15) is 5.60 Å². The van der Waals surface area contributed by atoms with Gasteiger partial charge in [0.25, 0.3) is 0 Å². The number of esters is 1. The molecular formula is C23H36N4O4. The zero-order chi connectivity index (χ0) is 22.6. The lowest BCUT2D eigenvalue weighted by Gasteiger charge is -2.37. The zero-order valence-corrected chi connectivity index (χ0v) is 19.4. The highest BCUT2D eigenvalue weighted by Gasteiger charge is 2.25. The molecule has 172 valence electrons. The summed E-state index contributed by atoms with van der Waals surface area (Å²) in [6.07, 6.45) is 1.29. The van der Waals surface area contributed by atoms with Crippen molar-refractivity contribution in [1.29, 1.82) is 0 Å². The molecule has 1 N–H and O–H groups in total. The van der Waals surface area contributed by atoms with Crippen molar-refractivity contribution in [3.05, 3.63) is 23.8 Å². The van der Waals surface area contributed by atoms with Crippen LogP contribution in [0.5, 0.6) is 0 Å². The average molecular weight is 433 g/mol. The van der Waals surface area contributed by atoms with Gasteiger partial charge >= 0.3 is 12.1 Å². The molecule has 2 aliphatic heterocycles. The number of hydrogen-bond acceptors (Lipinski definition) is 7. The molecule has 0 saturated carbocycles. The summed E-state index contributed by atoms with van der Waals surface area (Å²) in [6, 6.07) is 6.09. The third-order valence-corrected chi connectivity index (χ3v) is 5.77. The van der Waals surface area contributed by atoms with Crippen molar-refractivity contribution >= 4 is 23.4 Å². The second-order valence-corrected chi connectivity index (χ2v) is 9.43. The van der Waals surface area contributed by atoms with Gasteiger partial charge in [-0.15, -0.1) is 0 Å². The van der Waals surface area contributed by atoms with Crippen molar-refractivity contribution in [2.24, 2.45) is 0 Å². The summed E-state index contributed by atoms with van der Waals surface area (Å²) >= 11 is 0. The third kappa shape index (κ3) is 6.50. The normalized spacial score (nSPS) is 18.6. The van der Waals surface area contributed by atoms with Gasteiger partial charge < -0.3 is 29.5 Å². The van der Waals surface area contributed by atoms with E-state index in [0.717, 1.165) is 63.5 Å². The number of alkyl carbamates (subject to hydrolysis) is 1. The summed E-state index contributed by atoms with van der Waals surface area (Å²) in [5.41, 5.74) is 2.15. The van der Waals surface area contributed by atoms with Gasteiger partial charge in [-0.3, -0.25) is 0 Å². The first-order chi connectivity index (χ1) is 14.6. The molecule has 0 atom stereocenters. The molecule has 0 spiro atoms. The lowest BCUT2D eigenvalue weighted by Crippen LogP contribution is -2.46. The van der Waals surface area contributed by atoms with Crippen LogP contribution in [-0.2, 0) is 9.47 Å². The molecule has 2 fully saturated rings. The van der Waals surface area contributed by atoms with Crippen molar-refractivity contribution in [3.8, 4) is 0 Å². The third-order valence-electron chi connectivity index (χ3n) is 5.77. The number of nitrogens with zero attached hydrogens (tertiary/aromatic N) is 3. The van der Waals surface area contributed by atoms with E-state index in [4.69, 9.17) is 9.47 Å². The second-order valence-electron chi connectivity index (χ2n) is 9.43. The Kier molecular flexibility index (Phi) is 7.30. The van der Waals surface area contributed by atoms with Crippen molar-refractivity contribution in [2.45, 2.75) is 45.3 Å². The highest BCUT2D eigenvalue weighted by atomic mass is 16.6. The number of piperazine rings is 1. The maximum atomic E-state index is 12.3. The number of benzene rings is 1. The van der Waals surface area contributed by atoms with Gasteiger partial charge in [-0.1, -0.05) is 0 Å². The Morgan fingerprint density at radius 1 is 0.935 bits per heavy atom. The van der Waals surface area contributed by atoms with Crippen LogP contribution < -0.4 is 15.1 Å². The summed E-state index contributed by atoms with van der Waals surface area (Å²) in [5, 5.41) is 2.98. The number of hydrogen-bond donors (Lipinski definition) is 1. The number of rotatable bonds is 4. The van der Waals surface area contributed by atoms with Crippen LogP contribution >= 0.6 is 0 Å². The number of nitrogens with one attached hydrogen (secondary N) is 1. The fourth-order valence-electron chi connectivity index (χ4n) is 4.02. The first kappa shape index (κ1) is 23.2. The Morgan fingerprint density at radius 2 is 1.48 bits per heavy atom. The molecule has 31 heavy (non-hydrogen) atoms. The smallest absolute Gasteiger partial charge is 0.407 e. The van der Waals surface area contributed by atoms with Gasteiger partial charge in [0, 0.05) is 56.7 Å². The standard InChI is InChI=1S/C23H36N4O4/c1-23(2,3)31-22(29)24-18-6-8-26(9-7-18)19-14-17(21(28)30-5)15-20(16-19)27-12-10-25(4)11-13-27/h14-16,18H,6-13H2,1-5H3,(H,24,29). The predicted octanol–water partition coefficient (Wildman–Crippen LogP) is 2.72. The number of carbonyl (C=O) groups excluding carboxylic acids is 2. The summed E-state index contributed by atoms with van der Waals surface area (Å²) in [4.78, 5) is 31.3. The van der Waals surface area contributed by atoms with Crippen molar-refractivity contribution in [1.82, 2.24) is 10.2 Å². The predicted molar refractivity (Wildman–Crippen MR) is 122 cm³/mol. The first-order valence-corrected chi connectivity index (χ1v) is 11.1. The molecule has 0 unspecified atom stereocenters. The molecule has 2 heterocycles. The maximum Gasteiger partial charge on any atom is 0.407 e. The lowest BCUT2D eigenvalue weighted by molar-refractivity contribution is 0.0496. The van der Waals surface area contributed by atoms with E-state index in [-0.39, 0.29) is 18.1 Å². The molecule has 8 nitrogen and oxygen atoms in total. The quantitative estimate of drug-likeness (QED) is 0.734. The molecule has 1 aromatic rings. The Balaban J connectivity index is 1.68. The first-order valence-electron chi connectivity index (χ1n) is 11.1. The minimum atomic E-state index is -0.501. The molecule has 0 aliphatic carbocycles. The number of amides is 1. The number of carbonyl (C=O) groups is 2. The van der Waals surface area contributed by atoms with Crippen LogP contribution in [0.25, 0.3) is 0 Å². The average Bonchev–Trinajstić information content (AvgIpc) is 2.72. The van der Waals surface area contributed by atoms with E-state index in [1.54, 1.807) is 0 Å². The zero-order valence-electron chi connectivity index (χ0n) is 19.4. The topological polar surface area (TPSA) is 74.3 Å². The van der Waals surface area contributed by atoms with Crippen LogP contribution in [-0.4, -0.2) is 82.0 Å². The van der Waals surface area contributed by atoms with Crippen LogP contribution in [0.15, 0.2) is 18.2 Å². The van der Waals surface area contributed by atoms with Gasteiger partial charge in [0.2, 0.25) is 0 Å². The number of ether oxygens (including phenoxy) is 2.